The van der Waals surface area contributed by atoms with Gasteiger partial charge in [0.05, 0.1) is 6.54 Å². The summed E-state index contributed by atoms with van der Waals surface area (Å²) in [5.74, 6) is -4.75. The molecule has 3 heterocycles. The number of amides is 2. The van der Waals surface area contributed by atoms with Crippen LogP contribution in [-0.2, 0) is 38.3 Å². The third kappa shape index (κ3) is 15.5. The van der Waals surface area contributed by atoms with Crippen LogP contribution in [-0.4, -0.2) is 122 Å². The molecule has 2 fully saturated rings. The number of hydrogen-bond donors (Lipinski definition) is 4. The van der Waals surface area contributed by atoms with E-state index in [4.69, 9.17) is 25.2 Å². The summed E-state index contributed by atoms with van der Waals surface area (Å²) in [6.07, 6.45) is 4.28. The summed E-state index contributed by atoms with van der Waals surface area (Å²) in [7, 11) is 0. The molecule has 43 heavy (non-hydrogen) atoms. The number of esters is 1. The van der Waals surface area contributed by atoms with E-state index in [0.29, 0.717) is 30.8 Å². The number of carbonyl (C=O) groups is 7. The van der Waals surface area contributed by atoms with Gasteiger partial charge in [0, 0.05) is 82.5 Å². The Hall–Kier alpha value is -5.12. The first-order valence-electron chi connectivity index (χ1n) is 13.0. The van der Waals surface area contributed by atoms with Crippen LogP contribution in [0, 0.1) is 0 Å². The lowest BCUT2D eigenvalue weighted by atomic mass is 10.2. The molecule has 4 N–H and O–H groups in total. The molecule has 1 aromatic heterocycles. The van der Waals surface area contributed by atoms with Crippen molar-refractivity contribution in [3.05, 3.63) is 48.7 Å². The number of piperazine rings is 1. The molecule has 1 atom stereocenters. The average molecular weight is 607 g/mol. The van der Waals surface area contributed by atoms with Gasteiger partial charge in [0.2, 0.25) is 11.8 Å². The lowest BCUT2D eigenvalue weighted by molar-refractivity contribution is -0.154. The van der Waals surface area contributed by atoms with Crippen LogP contribution in [0.4, 0.5) is 5.82 Å². The highest BCUT2D eigenvalue weighted by atomic mass is 16.5. The molecule has 1 aromatic rings. The monoisotopic (exact) mass is 606 g/mol. The molecular weight excluding hydrogens is 572 g/mol. The Morgan fingerprint density at radius 3 is 1.70 bits per heavy atom. The SMILES string of the molecule is CCC(=O)OC(CN1CCN(c2ccccn2)CC1)CN1C(=O)CCC1=O.O=C(O)/C=C\C(=O)O.O=C(O)/C=C\C(=O)O. The predicted molar refractivity (Wildman–Crippen MR) is 148 cm³/mol. The van der Waals surface area contributed by atoms with Crippen molar-refractivity contribution in [3.8, 4) is 0 Å². The molecule has 2 aliphatic rings. The van der Waals surface area contributed by atoms with Gasteiger partial charge in [-0.3, -0.25) is 24.2 Å². The van der Waals surface area contributed by atoms with Gasteiger partial charge >= 0.3 is 29.8 Å². The van der Waals surface area contributed by atoms with Gasteiger partial charge in [-0.2, -0.15) is 0 Å². The summed E-state index contributed by atoms with van der Waals surface area (Å²) in [5, 5.41) is 31.2. The molecule has 0 saturated carbocycles. The summed E-state index contributed by atoms with van der Waals surface area (Å²) in [6.45, 7) is 5.65. The van der Waals surface area contributed by atoms with Crippen LogP contribution in [0.3, 0.4) is 0 Å². The first kappa shape index (κ1) is 35.9. The summed E-state index contributed by atoms with van der Waals surface area (Å²) in [4.78, 5) is 83.9. The largest absolute Gasteiger partial charge is 0.478 e. The zero-order valence-corrected chi connectivity index (χ0v) is 23.4. The maximum Gasteiger partial charge on any atom is 0.328 e. The third-order valence-electron chi connectivity index (χ3n) is 5.67. The van der Waals surface area contributed by atoms with Gasteiger partial charge in [-0.1, -0.05) is 13.0 Å². The van der Waals surface area contributed by atoms with E-state index in [9.17, 15) is 33.6 Å². The van der Waals surface area contributed by atoms with Gasteiger partial charge in [-0.25, -0.2) is 24.2 Å². The van der Waals surface area contributed by atoms with Crippen LogP contribution in [0.25, 0.3) is 0 Å². The van der Waals surface area contributed by atoms with Crippen molar-refractivity contribution in [2.75, 3.05) is 44.2 Å². The van der Waals surface area contributed by atoms with E-state index in [1.54, 1.807) is 13.1 Å². The number of carboxylic acids is 4. The number of imide groups is 1. The highest BCUT2D eigenvalue weighted by Crippen LogP contribution is 2.16. The number of aliphatic carboxylic acids is 4. The lowest BCUT2D eigenvalue weighted by Gasteiger charge is -2.37. The minimum atomic E-state index is -1.26. The predicted octanol–water partition coefficient (Wildman–Crippen LogP) is 0.0980. The molecule has 2 saturated heterocycles. The molecule has 16 heteroatoms. The maximum atomic E-state index is 11.9. The van der Waals surface area contributed by atoms with E-state index in [0.717, 1.165) is 32.0 Å². The fourth-order valence-electron chi connectivity index (χ4n) is 3.71. The molecule has 1 unspecified atom stereocenters. The molecule has 0 aromatic carbocycles. The minimum absolute atomic E-state index is 0.143. The topological polar surface area (TPSA) is 232 Å². The quantitative estimate of drug-likeness (QED) is 0.149. The minimum Gasteiger partial charge on any atom is -0.478 e. The van der Waals surface area contributed by atoms with E-state index >= 15 is 0 Å². The van der Waals surface area contributed by atoms with Crippen LogP contribution < -0.4 is 4.90 Å². The van der Waals surface area contributed by atoms with Crippen LogP contribution >= 0.6 is 0 Å². The molecule has 3 rings (SSSR count). The number of likely N-dealkylation sites (tertiary alicyclic amines) is 1. The smallest absolute Gasteiger partial charge is 0.328 e. The van der Waals surface area contributed by atoms with Crippen molar-refractivity contribution in [3.63, 3.8) is 0 Å². The Balaban J connectivity index is 0.000000476. The number of pyridine rings is 1. The first-order chi connectivity index (χ1) is 20.3. The summed E-state index contributed by atoms with van der Waals surface area (Å²) in [6, 6.07) is 5.86. The third-order valence-corrected chi connectivity index (χ3v) is 5.67. The number of aromatic nitrogens is 1. The molecule has 2 aliphatic heterocycles. The second kappa shape index (κ2) is 19.1. The number of nitrogens with zero attached hydrogens (tertiary/aromatic N) is 4. The number of ether oxygens (including phenoxy) is 1. The van der Waals surface area contributed by atoms with Crippen LogP contribution in [0.15, 0.2) is 48.7 Å². The highest BCUT2D eigenvalue weighted by Gasteiger charge is 2.33. The Morgan fingerprint density at radius 1 is 0.814 bits per heavy atom. The van der Waals surface area contributed by atoms with E-state index in [2.05, 4.69) is 14.8 Å². The van der Waals surface area contributed by atoms with E-state index < -0.39 is 30.0 Å². The van der Waals surface area contributed by atoms with Gasteiger partial charge < -0.3 is 30.1 Å². The lowest BCUT2D eigenvalue weighted by Crippen LogP contribution is -2.51. The van der Waals surface area contributed by atoms with Gasteiger partial charge in [0.1, 0.15) is 11.9 Å². The zero-order chi connectivity index (χ0) is 32.4. The molecule has 0 radical (unpaired) electrons. The highest BCUT2D eigenvalue weighted by molar-refractivity contribution is 6.02. The number of rotatable bonds is 11. The van der Waals surface area contributed by atoms with E-state index in [1.807, 2.05) is 18.2 Å². The summed E-state index contributed by atoms with van der Waals surface area (Å²) < 4.78 is 5.52. The Bertz CT molecular complexity index is 1110. The number of carboxylic acid groups (broad SMARTS) is 4. The fourth-order valence-corrected chi connectivity index (χ4v) is 3.71. The van der Waals surface area contributed by atoms with E-state index in [1.165, 1.54) is 4.90 Å². The van der Waals surface area contributed by atoms with Crippen molar-refractivity contribution in [1.82, 2.24) is 14.8 Å². The molecule has 16 nitrogen and oxygen atoms in total. The standard InChI is InChI=1S/C19H26N4O4.2C4H4O4/c1-2-19(26)27-15(14-23-17(24)6-7-18(23)25)13-21-9-11-22(12-10-21)16-5-3-4-8-20-16;2*5-3(6)1-2-4(7)8/h3-5,8,15H,2,6-7,9-14H2,1H3;2*1-2H,(H,5,6)(H,7,8)/b;2*2-1-. The zero-order valence-electron chi connectivity index (χ0n) is 23.4. The second-order valence-electron chi connectivity index (χ2n) is 8.86. The first-order valence-corrected chi connectivity index (χ1v) is 13.0. The summed E-state index contributed by atoms with van der Waals surface area (Å²) in [5.41, 5.74) is 0. The molecular formula is C27H34N4O12. The van der Waals surface area contributed by atoms with Crippen molar-refractivity contribution < 1.29 is 58.7 Å². The Labute approximate surface area is 246 Å². The van der Waals surface area contributed by atoms with Crippen LogP contribution in [0.2, 0.25) is 0 Å². The molecule has 0 aliphatic carbocycles. The Morgan fingerprint density at radius 2 is 1.30 bits per heavy atom. The Kier molecular flexibility index (Phi) is 15.9. The van der Waals surface area contributed by atoms with Crippen molar-refractivity contribution in [1.29, 1.82) is 0 Å². The fraction of sp³-hybridized carbons (Fsp3) is 0.407. The summed E-state index contributed by atoms with van der Waals surface area (Å²) >= 11 is 0. The van der Waals surface area contributed by atoms with Gasteiger partial charge in [-0.05, 0) is 12.1 Å². The molecule has 2 amide bonds. The van der Waals surface area contributed by atoms with Crippen molar-refractivity contribution in [2.45, 2.75) is 32.3 Å². The normalized spacial score (nSPS) is 15.7. The average Bonchev–Trinajstić information content (AvgIpc) is 3.28. The van der Waals surface area contributed by atoms with Gasteiger partial charge in [-0.15, -0.1) is 0 Å². The second-order valence-corrected chi connectivity index (χ2v) is 8.86. The number of carbonyl (C=O) groups excluding carboxylic acids is 3. The van der Waals surface area contributed by atoms with Crippen molar-refractivity contribution >= 4 is 47.5 Å². The maximum absolute atomic E-state index is 11.9. The molecule has 234 valence electrons. The van der Waals surface area contributed by atoms with Crippen LogP contribution in [0.5, 0.6) is 0 Å². The molecule has 0 bridgehead atoms. The number of anilines is 1. The van der Waals surface area contributed by atoms with E-state index in [-0.39, 0.29) is 43.6 Å². The van der Waals surface area contributed by atoms with Crippen LogP contribution in [0.1, 0.15) is 26.2 Å². The van der Waals surface area contributed by atoms with Crippen molar-refractivity contribution in [2.24, 2.45) is 0 Å². The van der Waals surface area contributed by atoms with Gasteiger partial charge in [0.15, 0.2) is 0 Å². The molecule has 0 spiro atoms. The number of hydrogen-bond acceptors (Lipinski definition) is 11. The van der Waals surface area contributed by atoms with Gasteiger partial charge in [0.25, 0.3) is 0 Å².